The van der Waals surface area contributed by atoms with Crippen molar-refractivity contribution < 1.29 is 9.59 Å². The Labute approximate surface area is 185 Å². The molecule has 7 nitrogen and oxygen atoms in total. The van der Waals surface area contributed by atoms with Crippen molar-refractivity contribution in [3.05, 3.63) is 53.9 Å². The number of nitrogens with one attached hydrogen (secondary N) is 1. The van der Waals surface area contributed by atoms with Gasteiger partial charge in [-0.2, -0.15) is 5.26 Å². The lowest BCUT2D eigenvalue weighted by Crippen LogP contribution is -2.48. The molecule has 0 saturated heterocycles. The van der Waals surface area contributed by atoms with Gasteiger partial charge in [0.25, 0.3) is 0 Å². The number of aromatic nitrogens is 1. The molecule has 1 heterocycles. The zero-order valence-electron chi connectivity index (χ0n) is 19.1. The Morgan fingerprint density at radius 2 is 1.84 bits per heavy atom. The second-order valence-electron chi connectivity index (χ2n) is 8.28. The molecule has 1 aromatic heterocycles. The summed E-state index contributed by atoms with van der Waals surface area (Å²) in [5, 5.41) is 11.8. The lowest BCUT2D eigenvalue weighted by atomic mass is 10.2. The van der Waals surface area contributed by atoms with Crippen LogP contribution in [0.3, 0.4) is 0 Å². The first-order valence-corrected chi connectivity index (χ1v) is 10.7. The van der Waals surface area contributed by atoms with E-state index in [0.717, 1.165) is 12.1 Å². The molecule has 166 valence electrons. The normalized spacial score (nSPS) is 11.6. The van der Waals surface area contributed by atoms with Gasteiger partial charge in [0, 0.05) is 37.2 Å². The summed E-state index contributed by atoms with van der Waals surface area (Å²) in [6.45, 7) is 9.23. The van der Waals surface area contributed by atoms with Gasteiger partial charge in [0.15, 0.2) is 0 Å². The molecule has 0 spiro atoms. The molecule has 0 radical (unpaired) electrons. The molecular weight excluding hydrogens is 390 g/mol. The topological polar surface area (TPSA) is 81.4 Å². The number of anilines is 1. The maximum absolute atomic E-state index is 13.2. The number of carbonyl (C=O) groups excluding carboxylic acids is 2. The van der Waals surface area contributed by atoms with E-state index in [4.69, 9.17) is 5.26 Å². The van der Waals surface area contributed by atoms with Crippen molar-refractivity contribution in [1.82, 2.24) is 14.4 Å². The van der Waals surface area contributed by atoms with E-state index >= 15 is 0 Å². The number of nitriles is 1. The van der Waals surface area contributed by atoms with Gasteiger partial charge in [-0.3, -0.25) is 4.79 Å². The fourth-order valence-corrected chi connectivity index (χ4v) is 3.27. The van der Waals surface area contributed by atoms with E-state index in [1.54, 1.807) is 29.2 Å². The van der Waals surface area contributed by atoms with Crippen LogP contribution in [0.15, 0.2) is 42.6 Å². The van der Waals surface area contributed by atoms with Crippen molar-refractivity contribution >= 4 is 17.6 Å². The number of benzene rings is 1. The van der Waals surface area contributed by atoms with Gasteiger partial charge in [-0.1, -0.05) is 20.8 Å². The Morgan fingerprint density at radius 3 is 2.35 bits per heavy atom. The Hall–Kier alpha value is -3.27. The molecule has 3 amide bonds. The van der Waals surface area contributed by atoms with Gasteiger partial charge in [0.2, 0.25) is 5.91 Å². The summed E-state index contributed by atoms with van der Waals surface area (Å²) in [4.78, 5) is 29.6. The number of hydrogen-bond donors (Lipinski definition) is 1. The van der Waals surface area contributed by atoms with E-state index in [9.17, 15) is 9.59 Å². The number of nitrogens with zero attached hydrogens (tertiary/aromatic N) is 4. The van der Waals surface area contributed by atoms with Crippen molar-refractivity contribution in [2.24, 2.45) is 13.0 Å². The fraction of sp³-hybridized carbons (Fsp3) is 0.458. The Kier molecular flexibility index (Phi) is 8.68. The van der Waals surface area contributed by atoms with Crippen LogP contribution in [-0.2, 0) is 18.4 Å². The van der Waals surface area contributed by atoms with E-state index in [0.29, 0.717) is 30.3 Å². The first kappa shape index (κ1) is 24.0. The molecule has 2 rings (SSSR count). The highest BCUT2D eigenvalue weighted by Gasteiger charge is 2.25. The maximum atomic E-state index is 13.2. The SMILES string of the molecule is CCC(C)N(CC(=O)N(Cc1cccn1C)CC(C)C)C(=O)Nc1ccc(C#N)cc1. The number of aryl methyl sites for hydroxylation is 1. The van der Waals surface area contributed by atoms with Gasteiger partial charge in [-0.05, 0) is 55.7 Å². The van der Waals surface area contributed by atoms with Crippen molar-refractivity contribution in [3.8, 4) is 6.07 Å². The quantitative estimate of drug-likeness (QED) is 0.656. The number of carbonyl (C=O) groups is 2. The highest BCUT2D eigenvalue weighted by molar-refractivity contribution is 5.92. The zero-order chi connectivity index (χ0) is 23.0. The van der Waals surface area contributed by atoms with Crippen LogP contribution in [0.4, 0.5) is 10.5 Å². The van der Waals surface area contributed by atoms with E-state index in [1.165, 1.54) is 0 Å². The highest BCUT2D eigenvalue weighted by atomic mass is 16.2. The zero-order valence-corrected chi connectivity index (χ0v) is 19.1. The molecule has 1 aromatic carbocycles. The van der Waals surface area contributed by atoms with Gasteiger partial charge < -0.3 is 19.7 Å². The minimum atomic E-state index is -0.323. The second kappa shape index (κ2) is 11.2. The second-order valence-corrected chi connectivity index (χ2v) is 8.28. The van der Waals surface area contributed by atoms with Gasteiger partial charge in [-0.25, -0.2) is 4.79 Å². The minimum Gasteiger partial charge on any atom is -0.353 e. The summed E-state index contributed by atoms with van der Waals surface area (Å²) < 4.78 is 2.00. The van der Waals surface area contributed by atoms with Crippen molar-refractivity contribution in [1.29, 1.82) is 5.26 Å². The van der Waals surface area contributed by atoms with E-state index < -0.39 is 0 Å². The molecule has 2 aromatic rings. The average molecular weight is 424 g/mol. The molecule has 0 aliphatic rings. The number of urea groups is 1. The van der Waals surface area contributed by atoms with Crippen molar-refractivity contribution in [2.75, 3.05) is 18.4 Å². The molecule has 1 atom stereocenters. The number of hydrogen-bond acceptors (Lipinski definition) is 3. The number of amides is 3. The third-order valence-electron chi connectivity index (χ3n) is 5.30. The van der Waals surface area contributed by atoms with Crippen LogP contribution in [0.1, 0.15) is 45.4 Å². The van der Waals surface area contributed by atoms with E-state index in [1.807, 2.05) is 48.7 Å². The highest BCUT2D eigenvalue weighted by Crippen LogP contribution is 2.14. The van der Waals surface area contributed by atoms with Crippen LogP contribution in [0.2, 0.25) is 0 Å². The molecule has 1 unspecified atom stereocenters. The Morgan fingerprint density at radius 1 is 1.16 bits per heavy atom. The molecule has 0 aliphatic heterocycles. The standard InChI is InChI=1S/C24H33N5O2/c1-6-19(4)29(24(31)26-21-11-9-20(14-25)10-12-21)17-23(30)28(15-18(2)3)16-22-8-7-13-27(22)5/h7-13,18-19H,6,15-17H2,1-5H3,(H,26,31). The van der Waals surface area contributed by atoms with Gasteiger partial charge in [0.1, 0.15) is 6.54 Å². The smallest absolute Gasteiger partial charge is 0.322 e. The van der Waals surface area contributed by atoms with Crippen LogP contribution >= 0.6 is 0 Å². The summed E-state index contributed by atoms with van der Waals surface area (Å²) in [5.74, 6) is 0.235. The fourth-order valence-electron chi connectivity index (χ4n) is 3.27. The largest absolute Gasteiger partial charge is 0.353 e. The molecule has 7 heteroatoms. The summed E-state index contributed by atoms with van der Waals surface area (Å²) in [7, 11) is 1.96. The predicted molar refractivity (Wildman–Crippen MR) is 122 cm³/mol. The molecule has 0 bridgehead atoms. The summed E-state index contributed by atoms with van der Waals surface area (Å²) in [5.41, 5.74) is 2.16. The third-order valence-corrected chi connectivity index (χ3v) is 5.30. The van der Waals surface area contributed by atoms with Crippen molar-refractivity contribution in [3.63, 3.8) is 0 Å². The maximum Gasteiger partial charge on any atom is 0.322 e. The Balaban J connectivity index is 2.15. The summed E-state index contributed by atoms with van der Waals surface area (Å²) >= 11 is 0. The van der Waals surface area contributed by atoms with Gasteiger partial charge >= 0.3 is 6.03 Å². The molecule has 0 saturated carbocycles. The number of rotatable bonds is 9. The van der Waals surface area contributed by atoms with Gasteiger partial charge in [0.05, 0.1) is 18.2 Å². The monoisotopic (exact) mass is 423 g/mol. The molecule has 0 fully saturated rings. The predicted octanol–water partition coefficient (Wildman–Crippen LogP) is 4.21. The van der Waals surface area contributed by atoms with Crippen molar-refractivity contribution in [2.45, 2.75) is 46.7 Å². The average Bonchev–Trinajstić information content (AvgIpc) is 3.15. The molecule has 31 heavy (non-hydrogen) atoms. The van der Waals surface area contributed by atoms with Crippen LogP contribution < -0.4 is 5.32 Å². The lowest BCUT2D eigenvalue weighted by Gasteiger charge is -2.32. The van der Waals surface area contributed by atoms with Gasteiger partial charge in [-0.15, -0.1) is 0 Å². The first-order chi connectivity index (χ1) is 14.7. The molecule has 0 aliphatic carbocycles. The third kappa shape index (κ3) is 6.88. The van der Waals surface area contributed by atoms with Crippen LogP contribution in [-0.4, -0.2) is 45.4 Å². The molecular formula is C24H33N5O2. The van der Waals surface area contributed by atoms with Crippen LogP contribution in [0, 0.1) is 17.2 Å². The minimum absolute atomic E-state index is 0.00820. The van der Waals surface area contributed by atoms with E-state index in [-0.39, 0.29) is 24.5 Å². The van der Waals surface area contributed by atoms with Crippen LogP contribution in [0.25, 0.3) is 0 Å². The van der Waals surface area contributed by atoms with E-state index in [2.05, 4.69) is 25.2 Å². The summed E-state index contributed by atoms with van der Waals surface area (Å²) in [6, 6.07) is 12.3. The lowest BCUT2D eigenvalue weighted by molar-refractivity contribution is -0.133. The Bertz CT molecular complexity index is 911. The molecule has 1 N–H and O–H groups in total. The first-order valence-electron chi connectivity index (χ1n) is 10.7. The van der Waals surface area contributed by atoms with Crippen LogP contribution in [0.5, 0.6) is 0 Å². The summed E-state index contributed by atoms with van der Waals surface area (Å²) in [6.07, 6.45) is 2.69.